The summed E-state index contributed by atoms with van der Waals surface area (Å²) in [7, 11) is 1.11. The first-order valence-corrected chi connectivity index (χ1v) is 12.8. The van der Waals surface area contributed by atoms with Crippen LogP contribution in [-0.4, -0.2) is 67.2 Å². The van der Waals surface area contributed by atoms with Gasteiger partial charge in [-0.25, -0.2) is 14.0 Å². The van der Waals surface area contributed by atoms with Gasteiger partial charge in [0.05, 0.1) is 19.8 Å². The quantitative estimate of drug-likeness (QED) is 0.518. The lowest BCUT2D eigenvalue weighted by Crippen LogP contribution is -2.64. The molecule has 204 valence electrons. The van der Waals surface area contributed by atoms with Crippen LogP contribution in [0, 0.1) is 28.6 Å². The van der Waals surface area contributed by atoms with Gasteiger partial charge in [-0.05, 0) is 61.7 Å². The van der Waals surface area contributed by atoms with Crippen molar-refractivity contribution in [2.45, 2.75) is 70.8 Å². The largest absolute Gasteiger partial charge is 0.509 e. The molecule has 0 aliphatic heterocycles. The maximum atomic E-state index is 15.6. The minimum atomic E-state index is -1.75. The van der Waals surface area contributed by atoms with Gasteiger partial charge < -0.3 is 24.1 Å². The van der Waals surface area contributed by atoms with Gasteiger partial charge in [-0.1, -0.05) is 26.8 Å². The predicted molar refractivity (Wildman–Crippen MR) is 127 cm³/mol. The first kappa shape index (κ1) is 27.3. The second-order valence-electron chi connectivity index (χ2n) is 11.0. The van der Waals surface area contributed by atoms with Crippen molar-refractivity contribution in [3.63, 3.8) is 0 Å². The normalized spacial score (nSPS) is 40.0. The number of hydrogen-bond donors (Lipinski definition) is 1. The Kier molecular flexibility index (Phi) is 7.27. The molecule has 37 heavy (non-hydrogen) atoms. The van der Waals surface area contributed by atoms with Crippen molar-refractivity contribution in [3.05, 3.63) is 23.8 Å². The summed E-state index contributed by atoms with van der Waals surface area (Å²) in [5.41, 5.74) is -3.32. The van der Waals surface area contributed by atoms with Crippen molar-refractivity contribution >= 4 is 23.9 Å². The van der Waals surface area contributed by atoms with Crippen LogP contribution in [0.5, 0.6) is 0 Å². The molecule has 4 aliphatic carbocycles. The Bertz CT molecular complexity index is 1040. The molecular weight excluding hydrogens is 487 g/mol. The Morgan fingerprint density at radius 1 is 1.19 bits per heavy atom. The summed E-state index contributed by atoms with van der Waals surface area (Å²) in [5, 5.41) is 11.6. The van der Waals surface area contributed by atoms with Gasteiger partial charge in [-0.2, -0.15) is 0 Å². The number of ketones is 2. The Hall–Kier alpha value is -2.75. The molecule has 0 aromatic carbocycles. The number of hydrogen-bond acceptors (Lipinski definition) is 9. The third kappa shape index (κ3) is 4.27. The first-order valence-electron chi connectivity index (χ1n) is 12.8. The summed E-state index contributed by atoms with van der Waals surface area (Å²) in [5.74, 6) is -1.96. The minimum absolute atomic E-state index is 0.0771. The Balaban J connectivity index is 1.72. The Labute approximate surface area is 215 Å². The lowest BCUT2D eigenvalue weighted by Gasteiger charge is -2.60. The topological polar surface area (TPSA) is 125 Å². The number of ether oxygens (including phenoxy) is 4. The Morgan fingerprint density at radius 3 is 2.59 bits per heavy atom. The van der Waals surface area contributed by atoms with E-state index in [2.05, 4.69) is 4.74 Å². The van der Waals surface area contributed by atoms with Crippen LogP contribution in [0.15, 0.2) is 23.8 Å². The molecule has 1 N–H and O–H groups in total. The molecule has 10 heteroatoms. The molecule has 1 unspecified atom stereocenters. The van der Waals surface area contributed by atoms with E-state index in [0.29, 0.717) is 18.4 Å². The van der Waals surface area contributed by atoms with Crippen molar-refractivity contribution in [2.75, 3.05) is 20.3 Å². The number of carbonyl (C=O) groups is 4. The number of carbonyl (C=O) groups excluding carboxylic acids is 4. The molecule has 0 heterocycles. The van der Waals surface area contributed by atoms with E-state index in [0.717, 1.165) is 7.11 Å². The molecule has 4 aliphatic rings. The second kappa shape index (κ2) is 9.85. The molecule has 0 aromatic rings. The van der Waals surface area contributed by atoms with Crippen molar-refractivity contribution in [2.24, 2.45) is 28.6 Å². The summed E-state index contributed by atoms with van der Waals surface area (Å²) in [4.78, 5) is 49.9. The summed E-state index contributed by atoms with van der Waals surface area (Å²) < 4.78 is 35.9. The number of aliphatic hydroxyl groups excluding tert-OH is 1. The van der Waals surface area contributed by atoms with E-state index in [1.165, 1.54) is 12.2 Å². The van der Waals surface area contributed by atoms with Crippen LogP contribution in [0.4, 0.5) is 14.0 Å². The highest BCUT2D eigenvalue weighted by Gasteiger charge is 2.71. The lowest BCUT2D eigenvalue weighted by atomic mass is 9.46. The molecule has 0 radical (unpaired) electrons. The maximum Gasteiger partial charge on any atom is 0.509 e. The highest BCUT2D eigenvalue weighted by molar-refractivity contribution is 6.01. The lowest BCUT2D eigenvalue weighted by molar-refractivity contribution is -0.186. The average molecular weight is 523 g/mol. The van der Waals surface area contributed by atoms with E-state index in [9.17, 15) is 24.3 Å². The SMILES string of the molecule is CCCOC(=O)O[C@]1(C(=O)COC(=O)OC)CC[C@H]2[C@@H]3C[C@H](F)C4=CC(=O)C=C[C@]4(C)[C@H]3C(O)C[C@@]21C. The van der Waals surface area contributed by atoms with Crippen molar-refractivity contribution in [1.82, 2.24) is 0 Å². The summed E-state index contributed by atoms with van der Waals surface area (Å²) in [6, 6.07) is 0. The molecule has 8 atom stereocenters. The molecule has 0 spiro atoms. The molecule has 0 amide bonds. The zero-order valence-corrected chi connectivity index (χ0v) is 21.7. The van der Waals surface area contributed by atoms with E-state index < -0.39 is 59.3 Å². The van der Waals surface area contributed by atoms with E-state index in [1.54, 1.807) is 13.0 Å². The molecular formula is C27H35FO9. The second-order valence-corrected chi connectivity index (χ2v) is 11.0. The van der Waals surface area contributed by atoms with E-state index in [4.69, 9.17) is 14.2 Å². The summed E-state index contributed by atoms with van der Waals surface area (Å²) in [6.45, 7) is 4.83. The Morgan fingerprint density at radius 2 is 1.92 bits per heavy atom. The zero-order chi connectivity index (χ0) is 27.2. The third-order valence-corrected chi connectivity index (χ3v) is 9.22. The molecule has 3 fully saturated rings. The van der Waals surface area contributed by atoms with Gasteiger partial charge in [0.25, 0.3) is 0 Å². The van der Waals surface area contributed by atoms with Gasteiger partial charge in [0.1, 0.15) is 6.17 Å². The smallest absolute Gasteiger partial charge is 0.438 e. The predicted octanol–water partition coefficient (Wildman–Crippen LogP) is 3.87. The standard InChI is InChI=1S/C27H35FO9/c1-5-10-35-24(33)37-27(21(31)14-36-23(32)34-4)9-7-17-16-12-19(28)18-11-15(29)6-8-25(18,2)22(16)20(30)13-26(17,27)3/h6,8,11,16-17,19-20,22,30H,5,7,9-10,12-14H2,1-4H3/t16-,17-,19-,20?,22+,25-,26-,27-/m0/s1. The summed E-state index contributed by atoms with van der Waals surface area (Å²) >= 11 is 0. The van der Waals surface area contributed by atoms with Gasteiger partial charge in [-0.3, -0.25) is 9.59 Å². The monoisotopic (exact) mass is 522 g/mol. The van der Waals surface area contributed by atoms with Crippen LogP contribution >= 0.6 is 0 Å². The molecule has 0 aromatic heterocycles. The fourth-order valence-corrected chi connectivity index (χ4v) is 7.66. The number of alkyl halides is 1. The van der Waals surface area contributed by atoms with Gasteiger partial charge >= 0.3 is 12.3 Å². The van der Waals surface area contributed by atoms with Crippen molar-refractivity contribution < 1.29 is 47.6 Å². The summed E-state index contributed by atoms with van der Waals surface area (Å²) in [6.07, 6.45) is 1.24. The first-order chi connectivity index (χ1) is 17.4. The van der Waals surface area contributed by atoms with Gasteiger partial charge in [-0.15, -0.1) is 0 Å². The number of methoxy groups -OCH3 is 1. The molecule has 4 rings (SSSR count). The number of Topliss-reactive ketones (excluding diaryl/α,β-unsaturated/α-hetero) is 1. The van der Waals surface area contributed by atoms with Crippen LogP contribution in [0.25, 0.3) is 0 Å². The number of rotatable bonds is 6. The van der Waals surface area contributed by atoms with Crippen LogP contribution < -0.4 is 0 Å². The van der Waals surface area contributed by atoms with E-state index in [-0.39, 0.29) is 43.5 Å². The van der Waals surface area contributed by atoms with Crippen LogP contribution in [0.1, 0.15) is 52.9 Å². The van der Waals surface area contributed by atoms with Crippen molar-refractivity contribution in [3.8, 4) is 0 Å². The van der Waals surface area contributed by atoms with Crippen molar-refractivity contribution in [1.29, 1.82) is 0 Å². The minimum Gasteiger partial charge on any atom is -0.438 e. The number of fused-ring (bicyclic) bond motifs is 5. The highest BCUT2D eigenvalue weighted by atomic mass is 19.1. The third-order valence-electron chi connectivity index (χ3n) is 9.22. The van der Waals surface area contributed by atoms with E-state index >= 15 is 4.39 Å². The number of aliphatic hydroxyl groups is 1. The van der Waals surface area contributed by atoms with Gasteiger partial charge in [0, 0.05) is 16.7 Å². The van der Waals surface area contributed by atoms with Crippen LogP contribution in [0.2, 0.25) is 0 Å². The maximum absolute atomic E-state index is 15.6. The van der Waals surface area contributed by atoms with Gasteiger partial charge in [0.2, 0.25) is 5.78 Å². The molecule has 3 saturated carbocycles. The van der Waals surface area contributed by atoms with Gasteiger partial charge in [0.15, 0.2) is 18.0 Å². The van der Waals surface area contributed by atoms with E-state index in [1.807, 2.05) is 13.8 Å². The fourth-order valence-electron chi connectivity index (χ4n) is 7.66. The number of halogens is 1. The zero-order valence-electron chi connectivity index (χ0n) is 21.7. The molecule has 0 saturated heterocycles. The van der Waals surface area contributed by atoms with Crippen LogP contribution in [-0.2, 0) is 28.5 Å². The molecule has 0 bridgehead atoms. The fraction of sp³-hybridized carbons (Fsp3) is 0.704. The average Bonchev–Trinajstić information content (AvgIpc) is 3.14. The van der Waals surface area contributed by atoms with Crippen LogP contribution in [0.3, 0.4) is 0 Å². The number of allylic oxidation sites excluding steroid dienone is 4. The highest BCUT2D eigenvalue weighted by Crippen LogP contribution is 2.68. The molecule has 9 nitrogen and oxygen atoms in total.